The van der Waals surface area contributed by atoms with Crippen molar-refractivity contribution in [1.29, 1.82) is 0 Å². The number of methoxy groups -OCH3 is 1. The monoisotopic (exact) mass is 304 g/mol. The van der Waals surface area contributed by atoms with Crippen LogP contribution in [-0.4, -0.2) is 50.3 Å². The van der Waals surface area contributed by atoms with Crippen molar-refractivity contribution in [2.75, 3.05) is 33.4 Å². The Hall–Kier alpha value is -1.59. The predicted octanol–water partition coefficient (Wildman–Crippen LogP) is 1.42. The Morgan fingerprint density at radius 1 is 1.45 bits per heavy atom. The standard InChI is InChI=1S/C17H24N2O3/c1-21-15-6-2-4-13(8-15)10-19-11-16(22-12-17(19)20)14-5-3-7-18-9-14/h2,4,6,8,14,16,18H,3,5,7,9-12H2,1H3. The second kappa shape index (κ2) is 7.11. The second-order valence-electron chi connectivity index (χ2n) is 6.08. The summed E-state index contributed by atoms with van der Waals surface area (Å²) >= 11 is 0. The van der Waals surface area contributed by atoms with Gasteiger partial charge in [0.1, 0.15) is 12.4 Å². The highest BCUT2D eigenvalue weighted by Gasteiger charge is 2.32. The first-order chi connectivity index (χ1) is 10.8. The average Bonchev–Trinajstić information content (AvgIpc) is 2.58. The third-order valence-corrected chi connectivity index (χ3v) is 4.54. The Bertz CT molecular complexity index is 514. The fraction of sp³-hybridized carbons (Fsp3) is 0.588. The molecule has 0 aliphatic carbocycles. The average molecular weight is 304 g/mol. The largest absolute Gasteiger partial charge is 0.497 e. The van der Waals surface area contributed by atoms with E-state index >= 15 is 0 Å². The Morgan fingerprint density at radius 3 is 3.14 bits per heavy atom. The van der Waals surface area contributed by atoms with Gasteiger partial charge < -0.3 is 19.7 Å². The van der Waals surface area contributed by atoms with E-state index in [0.717, 1.165) is 24.4 Å². The molecule has 2 heterocycles. The van der Waals surface area contributed by atoms with E-state index in [1.807, 2.05) is 29.2 Å². The summed E-state index contributed by atoms with van der Waals surface area (Å²) < 4.78 is 11.0. The van der Waals surface area contributed by atoms with E-state index in [-0.39, 0.29) is 18.6 Å². The molecular formula is C17H24N2O3. The van der Waals surface area contributed by atoms with Crippen LogP contribution in [0.3, 0.4) is 0 Å². The van der Waals surface area contributed by atoms with Gasteiger partial charge in [-0.1, -0.05) is 12.1 Å². The van der Waals surface area contributed by atoms with Gasteiger partial charge in [0.05, 0.1) is 13.2 Å². The molecule has 120 valence electrons. The summed E-state index contributed by atoms with van der Waals surface area (Å²) in [6.45, 7) is 3.59. The molecule has 22 heavy (non-hydrogen) atoms. The van der Waals surface area contributed by atoms with Gasteiger partial charge in [-0.2, -0.15) is 0 Å². The van der Waals surface area contributed by atoms with Gasteiger partial charge in [-0.25, -0.2) is 0 Å². The summed E-state index contributed by atoms with van der Waals surface area (Å²) in [6.07, 6.45) is 2.52. The van der Waals surface area contributed by atoms with Crippen LogP contribution in [0.4, 0.5) is 0 Å². The fourth-order valence-electron chi connectivity index (χ4n) is 3.27. The number of rotatable bonds is 4. The Balaban J connectivity index is 1.64. The molecule has 2 fully saturated rings. The molecule has 1 amide bonds. The maximum atomic E-state index is 12.1. The van der Waals surface area contributed by atoms with Crippen molar-refractivity contribution in [1.82, 2.24) is 10.2 Å². The minimum absolute atomic E-state index is 0.0721. The summed E-state index contributed by atoms with van der Waals surface area (Å²) in [5.74, 6) is 1.41. The third kappa shape index (κ3) is 3.59. The number of ether oxygens (including phenoxy) is 2. The lowest BCUT2D eigenvalue weighted by Crippen LogP contribution is -2.51. The zero-order valence-corrected chi connectivity index (χ0v) is 13.1. The van der Waals surface area contributed by atoms with Gasteiger partial charge in [0.2, 0.25) is 5.91 Å². The number of morpholine rings is 1. The molecule has 0 saturated carbocycles. The smallest absolute Gasteiger partial charge is 0.248 e. The lowest BCUT2D eigenvalue weighted by Gasteiger charge is -2.38. The zero-order chi connectivity index (χ0) is 15.4. The number of hydrogen-bond acceptors (Lipinski definition) is 4. The third-order valence-electron chi connectivity index (χ3n) is 4.54. The minimum Gasteiger partial charge on any atom is -0.497 e. The molecule has 1 aromatic carbocycles. The topological polar surface area (TPSA) is 50.8 Å². The van der Waals surface area contributed by atoms with E-state index in [0.29, 0.717) is 19.0 Å². The van der Waals surface area contributed by atoms with Crippen LogP contribution in [0.5, 0.6) is 5.75 Å². The molecule has 2 atom stereocenters. The van der Waals surface area contributed by atoms with Crippen LogP contribution < -0.4 is 10.1 Å². The van der Waals surface area contributed by atoms with Crippen LogP contribution in [0, 0.1) is 5.92 Å². The van der Waals surface area contributed by atoms with Crippen molar-refractivity contribution < 1.29 is 14.3 Å². The van der Waals surface area contributed by atoms with Crippen LogP contribution >= 0.6 is 0 Å². The van der Waals surface area contributed by atoms with Gasteiger partial charge in [-0.15, -0.1) is 0 Å². The first kappa shape index (κ1) is 15.3. The SMILES string of the molecule is COc1cccc(CN2CC(C3CCCNC3)OCC2=O)c1. The van der Waals surface area contributed by atoms with Gasteiger partial charge in [0.25, 0.3) is 0 Å². The van der Waals surface area contributed by atoms with Gasteiger partial charge in [0, 0.05) is 19.6 Å². The Labute approximate surface area is 131 Å². The molecule has 2 saturated heterocycles. The van der Waals surface area contributed by atoms with E-state index in [4.69, 9.17) is 9.47 Å². The molecular weight excluding hydrogens is 280 g/mol. The quantitative estimate of drug-likeness (QED) is 0.914. The molecule has 3 rings (SSSR count). The van der Waals surface area contributed by atoms with Crippen molar-refractivity contribution in [2.24, 2.45) is 5.92 Å². The number of nitrogens with zero attached hydrogens (tertiary/aromatic N) is 1. The molecule has 1 N–H and O–H groups in total. The van der Waals surface area contributed by atoms with Gasteiger partial charge >= 0.3 is 0 Å². The molecule has 0 aromatic heterocycles. The molecule has 2 aliphatic rings. The lowest BCUT2D eigenvalue weighted by molar-refractivity contribution is -0.153. The molecule has 0 radical (unpaired) electrons. The van der Waals surface area contributed by atoms with Crippen molar-refractivity contribution in [3.63, 3.8) is 0 Å². The Morgan fingerprint density at radius 2 is 2.36 bits per heavy atom. The van der Waals surface area contributed by atoms with Crippen LogP contribution in [-0.2, 0) is 16.1 Å². The highest BCUT2D eigenvalue weighted by Crippen LogP contribution is 2.23. The van der Waals surface area contributed by atoms with E-state index < -0.39 is 0 Å². The number of carbonyl (C=O) groups is 1. The molecule has 2 unspecified atom stereocenters. The highest BCUT2D eigenvalue weighted by atomic mass is 16.5. The summed E-state index contributed by atoms with van der Waals surface area (Å²) in [5.41, 5.74) is 1.09. The number of benzene rings is 1. The summed E-state index contributed by atoms with van der Waals surface area (Å²) in [6, 6.07) is 7.89. The first-order valence-corrected chi connectivity index (χ1v) is 7.99. The predicted molar refractivity (Wildman–Crippen MR) is 83.7 cm³/mol. The summed E-state index contributed by atoms with van der Waals surface area (Å²) in [5, 5.41) is 3.42. The maximum absolute atomic E-state index is 12.1. The lowest BCUT2D eigenvalue weighted by atomic mass is 9.92. The second-order valence-corrected chi connectivity index (χ2v) is 6.08. The molecule has 5 nitrogen and oxygen atoms in total. The van der Waals surface area contributed by atoms with Crippen molar-refractivity contribution in [3.8, 4) is 5.75 Å². The zero-order valence-electron chi connectivity index (χ0n) is 13.1. The molecule has 0 spiro atoms. The van der Waals surface area contributed by atoms with Crippen molar-refractivity contribution in [2.45, 2.75) is 25.5 Å². The number of piperidine rings is 1. The maximum Gasteiger partial charge on any atom is 0.248 e. The highest BCUT2D eigenvalue weighted by molar-refractivity contribution is 5.78. The first-order valence-electron chi connectivity index (χ1n) is 7.99. The molecule has 0 bridgehead atoms. The van der Waals surface area contributed by atoms with E-state index in [9.17, 15) is 4.79 Å². The fourth-order valence-corrected chi connectivity index (χ4v) is 3.27. The van der Waals surface area contributed by atoms with Gasteiger partial charge in [-0.05, 0) is 43.0 Å². The molecule has 1 aromatic rings. The van der Waals surface area contributed by atoms with Crippen molar-refractivity contribution >= 4 is 5.91 Å². The van der Waals surface area contributed by atoms with Crippen LogP contribution in [0.25, 0.3) is 0 Å². The van der Waals surface area contributed by atoms with Gasteiger partial charge in [0.15, 0.2) is 0 Å². The normalized spacial score (nSPS) is 26.0. The van der Waals surface area contributed by atoms with Crippen molar-refractivity contribution in [3.05, 3.63) is 29.8 Å². The van der Waals surface area contributed by atoms with Crippen LogP contribution in [0.1, 0.15) is 18.4 Å². The Kier molecular flexibility index (Phi) is 4.95. The van der Waals surface area contributed by atoms with E-state index in [1.54, 1.807) is 7.11 Å². The van der Waals surface area contributed by atoms with E-state index in [2.05, 4.69) is 5.32 Å². The summed E-state index contributed by atoms with van der Waals surface area (Å²) in [4.78, 5) is 14.0. The summed E-state index contributed by atoms with van der Waals surface area (Å²) in [7, 11) is 1.66. The van der Waals surface area contributed by atoms with Crippen LogP contribution in [0.15, 0.2) is 24.3 Å². The number of carbonyl (C=O) groups excluding carboxylic acids is 1. The van der Waals surface area contributed by atoms with Gasteiger partial charge in [-0.3, -0.25) is 4.79 Å². The molecule has 2 aliphatic heterocycles. The van der Waals surface area contributed by atoms with E-state index in [1.165, 1.54) is 12.8 Å². The number of nitrogens with one attached hydrogen (secondary N) is 1. The van der Waals surface area contributed by atoms with Crippen LogP contribution in [0.2, 0.25) is 0 Å². The molecule has 5 heteroatoms. The minimum atomic E-state index is 0.0721. The number of amides is 1. The number of hydrogen-bond donors (Lipinski definition) is 1.